The van der Waals surface area contributed by atoms with Crippen molar-refractivity contribution in [2.75, 3.05) is 39.5 Å². The minimum absolute atomic E-state index is 0.0474. The van der Waals surface area contributed by atoms with Gasteiger partial charge in [-0.05, 0) is 55.3 Å². The van der Waals surface area contributed by atoms with E-state index in [1.807, 2.05) is 25.1 Å². The van der Waals surface area contributed by atoms with Crippen LogP contribution in [0.2, 0.25) is 10.0 Å². The third kappa shape index (κ3) is 4.99. The van der Waals surface area contributed by atoms with Crippen molar-refractivity contribution in [3.05, 3.63) is 63.4 Å². The van der Waals surface area contributed by atoms with Crippen molar-refractivity contribution in [3.8, 4) is 0 Å². The van der Waals surface area contributed by atoms with Gasteiger partial charge in [0.25, 0.3) is 0 Å². The maximum Gasteiger partial charge on any atom is 0.240 e. The van der Waals surface area contributed by atoms with Crippen molar-refractivity contribution in [1.82, 2.24) is 15.1 Å². The molecular weight excluding hydrogens is 514 g/mol. The van der Waals surface area contributed by atoms with Crippen molar-refractivity contribution >= 4 is 40.7 Å². The summed E-state index contributed by atoms with van der Waals surface area (Å²) >= 11 is 12.5. The highest BCUT2D eigenvalue weighted by Crippen LogP contribution is 2.57. The standard InChI is InChI=1S/C28H35Cl2FN4O2/c1-27(2,3)15-21-28(18-11-10-16(29)14-20(18)32-26(28)37)22(17-8-7-9-19(30)23(17)31)24(33-21)25(36)35(6)13-12-34(4)5/h7-11,14,21-22,24,33H,12-13,15H2,1-6H3,(H,32,37). The monoisotopic (exact) mass is 548 g/mol. The van der Waals surface area contributed by atoms with Crippen LogP contribution in [0.25, 0.3) is 0 Å². The Morgan fingerprint density at radius 1 is 1.11 bits per heavy atom. The topological polar surface area (TPSA) is 64.7 Å². The van der Waals surface area contributed by atoms with Crippen LogP contribution in [0, 0.1) is 11.2 Å². The predicted octanol–water partition coefficient (Wildman–Crippen LogP) is 4.90. The molecule has 2 N–H and O–H groups in total. The van der Waals surface area contributed by atoms with Crippen molar-refractivity contribution < 1.29 is 14.0 Å². The number of hydrogen-bond acceptors (Lipinski definition) is 4. The number of nitrogens with zero attached hydrogens (tertiary/aromatic N) is 2. The van der Waals surface area contributed by atoms with Crippen LogP contribution in [0.15, 0.2) is 36.4 Å². The van der Waals surface area contributed by atoms with E-state index in [9.17, 15) is 9.59 Å². The molecule has 2 aromatic rings. The van der Waals surface area contributed by atoms with Gasteiger partial charge in [0.1, 0.15) is 11.2 Å². The molecule has 2 aliphatic heterocycles. The highest BCUT2D eigenvalue weighted by atomic mass is 35.5. The molecule has 1 saturated heterocycles. The minimum atomic E-state index is -1.25. The van der Waals surface area contributed by atoms with Gasteiger partial charge >= 0.3 is 0 Å². The Morgan fingerprint density at radius 2 is 1.81 bits per heavy atom. The molecule has 2 heterocycles. The molecule has 4 atom stereocenters. The fourth-order valence-electron chi connectivity index (χ4n) is 5.84. The molecule has 4 unspecified atom stereocenters. The summed E-state index contributed by atoms with van der Waals surface area (Å²) in [7, 11) is 5.62. The molecule has 0 aromatic heterocycles. The molecule has 6 nitrogen and oxygen atoms in total. The number of halogens is 3. The van der Waals surface area contributed by atoms with E-state index in [4.69, 9.17) is 23.2 Å². The van der Waals surface area contributed by atoms with Crippen LogP contribution in [0.5, 0.6) is 0 Å². The number of likely N-dealkylation sites (N-methyl/N-ethyl adjacent to an activating group) is 2. The van der Waals surface area contributed by atoms with Crippen molar-refractivity contribution in [1.29, 1.82) is 0 Å². The maximum absolute atomic E-state index is 15.8. The van der Waals surface area contributed by atoms with E-state index in [0.717, 1.165) is 0 Å². The summed E-state index contributed by atoms with van der Waals surface area (Å²) in [5.41, 5.74) is 0.0982. The number of rotatable bonds is 6. The molecule has 2 aliphatic rings. The molecule has 0 radical (unpaired) electrons. The second-order valence-corrected chi connectivity index (χ2v) is 12.5. The Kier molecular flexibility index (Phi) is 7.65. The zero-order valence-corrected chi connectivity index (χ0v) is 23.7. The van der Waals surface area contributed by atoms with E-state index in [1.54, 1.807) is 36.2 Å². The highest BCUT2D eigenvalue weighted by molar-refractivity contribution is 6.31. The average molecular weight is 550 g/mol. The SMILES string of the molecule is CN(C)CCN(C)C(=O)C1NC(CC(C)(C)C)C2(C(=O)Nc3cc(Cl)ccc32)C1c1cccc(Cl)c1F. The zero-order valence-electron chi connectivity index (χ0n) is 22.2. The third-order valence-corrected chi connectivity index (χ3v) is 7.99. The van der Waals surface area contributed by atoms with Gasteiger partial charge in [-0.2, -0.15) is 0 Å². The number of anilines is 1. The van der Waals surface area contributed by atoms with Gasteiger partial charge in [0.15, 0.2) is 0 Å². The Morgan fingerprint density at radius 3 is 2.46 bits per heavy atom. The van der Waals surface area contributed by atoms with E-state index < -0.39 is 29.2 Å². The summed E-state index contributed by atoms with van der Waals surface area (Å²) in [6.07, 6.45) is 0.576. The Hall–Kier alpha value is -2.19. The number of fused-ring (bicyclic) bond motifs is 2. The van der Waals surface area contributed by atoms with Gasteiger partial charge in [0, 0.05) is 42.8 Å². The lowest BCUT2D eigenvalue weighted by atomic mass is 9.62. The van der Waals surface area contributed by atoms with Gasteiger partial charge in [0.2, 0.25) is 11.8 Å². The van der Waals surface area contributed by atoms with E-state index in [1.165, 1.54) is 6.07 Å². The number of amides is 2. The summed E-state index contributed by atoms with van der Waals surface area (Å²) in [4.78, 5) is 31.8. The highest BCUT2D eigenvalue weighted by Gasteiger charge is 2.66. The van der Waals surface area contributed by atoms with Gasteiger partial charge in [0.05, 0.1) is 11.1 Å². The summed E-state index contributed by atoms with van der Waals surface area (Å²) in [6, 6.07) is 8.75. The molecule has 4 rings (SSSR count). The van der Waals surface area contributed by atoms with Crippen LogP contribution in [0.4, 0.5) is 10.1 Å². The van der Waals surface area contributed by atoms with Gasteiger partial charge in [-0.3, -0.25) is 9.59 Å². The Balaban J connectivity index is 1.96. The van der Waals surface area contributed by atoms with Crippen LogP contribution in [-0.2, 0) is 15.0 Å². The quantitative estimate of drug-likeness (QED) is 0.538. The van der Waals surface area contributed by atoms with E-state index in [2.05, 4.69) is 31.4 Å². The Bertz CT molecular complexity index is 1220. The molecule has 2 aromatic carbocycles. The molecule has 0 aliphatic carbocycles. The Labute approximate surface area is 228 Å². The van der Waals surface area contributed by atoms with Crippen LogP contribution >= 0.6 is 23.2 Å². The van der Waals surface area contributed by atoms with Crippen LogP contribution < -0.4 is 10.6 Å². The van der Waals surface area contributed by atoms with Crippen LogP contribution in [0.1, 0.15) is 44.2 Å². The van der Waals surface area contributed by atoms with Gasteiger partial charge < -0.3 is 20.4 Å². The lowest BCUT2D eigenvalue weighted by Crippen LogP contribution is -2.49. The predicted molar refractivity (Wildman–Crippen MR) is 147 cm³/mol. The fourth-order valence-corrected chi connectivity index (χ4v) is 6.19. The molecule has 200 valence electrons. The molecule has 9 heteroatoms. The van der Waals surface area contributed by atoms with Gasteiger partial charge in [-0.15, -0.1) is 0 Å². The molecule has 2 amide bonds. The summed E-state index contributed by atoms with van der Waals surface area (Å²) in [5.74, 6) is -1.93. The van der Waals surface area contributed by atoms with Crippen molar-refractivity contribution in [3.63, 3.8) is 0 Å². The fraction of sp³-hybridized carbons (Fsp3) is 0.500. The van der Waals surface area contributed by atoms with E-state index >= 15 is 4.39 Å². The molecule has 37 heavy (non-hydrogen) atoms. The normalized spacial score (nSPS) is 25.0. The van der Waals surface area contributed by atoms with Crippen molar-refractivity contribution in [2.45, 2.75) is 50.6 Å². The molecule has 0 saturated carbocycles. The number of carbonyl (C=O) groups excluding carboxylic acids is 2. The lowest BCUT2D eigenvalue weighted by Gasteiger charge is -2.38. The summed E-state index contributed by atoms with van der Waals surface area (Å²) < 4.78 is 15.8. The first-order chi connectivity index (χ1) is 17.3. The van der Waals surface area contributed by atoms with Gasteiger partial charge in [-0.25, -0.2) is 4.39 Å². The number of carbonyl (C=O) groups is 2. The van der Waals surface area contributed by atoms with E-state index in [0.29, 0.717) is 35.8 Å². The third-order valence-electron chi connectivity index (χ3n) is 7.46. The summed E-state index contributed by atoms with van der Waals surface area (Å²) in [6.45, 7) is 7.43. The van der Waals surface area contributed by atoms with Crippen LogP contribution in [-0.4, -0.2) is 67.9 Å². The second-order valence-electron chi connectivity index (χ2n) is 11.7. The van der Waals surface area contributed by atoms with Crippen LogP contribution in [0.3, 0.4) is 0 Å². The number of nitrogens with one attached hydrogen (secondary N) is 2. The summed E-state index contributed by atoms with van der Waals surface area (Å²) in [5, 5.41) is 6.96. The first-order valence-corrected chi connectivity index (χ1v) is 13.2. The molecule has 1 spiro atoms. The molecular formula is C28H35Cl2FN4O2. The second kappa shape index (κ2) is 10.2. The number of benzene rings is 2. The first kappa shape index (κ1) is 27.8. The largest absolute Gasteiger partial charge is 0.343 e. The number of hydrogen-bond donors (Lipinski definition) is 2. The zero-order chi connectivity index (χ0) is 27.3. The molecule has 0 bridgehead atoms. The van der Waals surface area contributed by atoms with E-state index in [-0.39, 0.29) is 27.8 Å². The van der Waals surface area contributed by atoms with Crippen molar-refractivity contribution in [2.24, 2.45) is 5.41 Å². The lowest BCUT2D eigenvalue weighted by molar-refractivity contribution is -0.132. The smallest absolute Gasteiger partial charge is 0.240 e. The minimum Gasteiger partial charge on any atom is -0.343 e. The average Bonchev–Trinajstić information content (AvgIpc) is 3.27. The first-order valence-electron chi connectivity index (χ1n) is 12.5. The maximum atomic E-state index is 15.8. The van der Waals surface area contributed by atoms with Gasteiger partial charge in [-0.1, -0.05) is 62.2 Å². The molecule has 1 fully saturated rings.